The van der Waals surface area contributed by atoms with Gasteiger partial charge in [0.2, 0.25) is 5.91 Å². The van der Waals surface area contributed by atoms with Gasteiger partial charge in [0.05, 0.1) is 12.5 Å². The Balaban J connectivity index is 1.40. The molecule has 0 bridgehead atoms. The number of halogens is 1. The number of hydrogen-bond acceptors (Lipinski definition) is 2. The summed E-state index contributed by atoms with van der Waals surface area (Å²) in [4.78, 5) is 13.0. The highest BCUT2D eigenvalue weighted by Gasteiger charge is 2.45. The lowest BCUT2D eigenvalue weighted by molar-refractivity contribution is -0.122. The molecule has 1 unspecified atom stereocenters. The van der Waals surface area contributed by atoms with Gasteiger partial charge in [-0.05, 0) is 53.8 Å². The van der Waals surface area contributed by atoms with Gasteiger partial charge in [-0.1, -0.05) is 54.1 Å². The molecule has 5 rings (SSSR count). The maximum absolute atomic E-state index is 13.0. The van der Waals surface area contributed by atoms with Crippen LogP contribution in [-0.4, -0.2) is 11.5 Å². The zero-order valence-electron chi connectivity index (χ0n) is 15.6. The predicted molar refractivity (Wildman–Crippen MR) is 112 cm³/mol. The normalized spacial score (nSPS) is 19.5. The van der Waals surface area contributed by atoms with Gasteiger partial charge in [0, 0.05) is 17.0 Å². The van der Waals surface area contributed by atoms with Gasteiger partial charge in [-0.25, -0.2) is 0 Å². The third-order valence-electron chi connectivity index (χ3n) is 6.08. The summed E-state index contributed by atoms with van der Waals surface area (Å²) in [5, 5.41) is 6.22. The maximum atomic E-state index is 13.0. The summed E-state index contributed by atoms with van der Waals surface area (Å²) in [6.45, 7) is 0. The number of nitrogens with one attached hydrogen (secondary N) is 1. The highest BCUT2D eigenvalue weighted by atomic mass is 35.5. The summed E-state index contributed by atoms with van der Waals surface area (Å²) >= 11 is 6.22. The van der Waals surface area contributed by atoms with E-state index in [4.69, 9.17) is 16.3 Å². The molecule has 1 amide bonds. The topological polar surface area (TPSA) is 38.3 Å². The molecule has 3 nitrogen and oxygen atoms in total. The average Bonchev–Trinajstić information content (AvgIpc) is 2.67. The fourth-order valence-electron chi connectivity index (χ4n) is 4.51. The molecule has 1 atom stereocenters. The van der Waals surface area contributed by atoms with Gasteiger partial charge in [0.1, 0.15) is 11.4 Å². The van der Waals surface area contributed by atoms with E-state index in [2.05, 4.69) is 23.5 Å². The summed E-state index contributed by atoms with van der Waals surface area (Å²) < 4.78 is 6.29. The number of rotatable bonds is 3. The van der Waals surface area contributed by atoms with E-state index in [9.17, 15) is 4.79 Å². The van der Waals surface area contributed by atoms with Crippen molar-refractivity contribution in [2.45, 2.75) is 43.7 Å². The van der Waals surface area contributed by atoms with Crippen LogP contribution in [0, 0.1) is 0 Å². The molecular weight excluding hydrogens is 370 g/mol. The van der Waals surface area contributed by atoms with Crippen LogP contribution in [0.5, 0.6) is 5.75 Å². The minimum Gasteiger partial charge on any atom is -0.487 e. The van der Waals surface area contributed by atoms with E-state index in [-0.39, 0.29) is 17.6 Å². The van der Waals surface area contributed by atoms with E-state index >= 15 is 0 Å². The second-order valence-corrected chi connectivity index (χ2v) is 8.40. The van der Waals surface area contributed by atoms with Crippen molar-refractivity contribution in [1.29, 1.82) is 0 Å². The highest BCUT2D eigenvalue weighted by Crippen LogP contribution is 2.49. The van der Waals surface area contributed by atoms with Crippen molar-refractivity contribution in [3.63, 3.8) is 0 Å². The molecule has 0 radical (unpaired) electrons. The predicted octanol–water partition coefficient (Wildman–Crippen LogP) is 5.60. The average molecular weight is 392 g/mol. The van der Waals surface area contributed by atoms with Gasteiger partial charge in [0.25, 0.3) is 0 Å². The molecule has 4 heteroatoms. The Morgan fingerprint density at radius 3 is 2.75 bits per heavy atom. The van der Waals surface area contributed by atoms with Crippen molar-refractivity contribution >= 4 is 28.3 Å². The van der Waals surface area contributed by atoms with Crippen molar-refractivity contribution in [3.8, 4) is 5.75 Å². The van der Waals surface area contributed by atoms with Crippen molar-refractivity contribution in [1.82, 2.24) is 5.32 Å². The van der Waals surface area contributed by atoms with Crippen LogP contribution in [0.25, 0.3) is 10.8 Å². The van der Waals surface area contributed by atoms with E-state index < -0.39 is 0 Å². The monoisotopic (exact) mass is 391 g/mol. The van der Waals surface area contributed by atoms with Crippen molar-refractivity contribution in [3.05, 3.63) is 76.8 Å². The minimum absolute atomic E-state index is 0.0312. The second-order valence-electron chi connectivity index (χ2n) is 7.96. The standard InChI is InChI=1S/C24H22ClNO2/c25-18-9-10-22-20(14-18)21(15-24(28-22)11-4-12-24)26-23(27)13-17-7-3-6-16-5-1-2-8-19(16)17/h1-3,5-10,14,21H,4,11-13,15H2,(H,26,27). The Bertz CT molecular complexity index is 1050. The molecule has 1 N–H and O–H groups in total. The van der Waals surface area contributed by atoms with Crippen LogP contribution in [0.2, 0.25) is 5.02 Å². The Hall–Kier alpha value is -2.52. The number of carbonyl (C=O) groups is 1. The summed E-state index contributed by atoms with van der Waals surface area (Å²) in [6, 6.07) is 20.0. The molecule has 1 fully saturated rings. The third-order valence-corrected chi connectivity index (χ3v) is 6.32. The fraction of sp³-hybridized carbons (Fsp3) is 0.292. The minimum atomic E-state index is -0.127. The van der Waals surface area contributed by atoms with Gasteiger partial charge in [0.15, 0.2) is 0 Å². The third kappa shape index (κ3) is 3.14. The van der Waals surface area contributed by atoms with Gasteiger partial charge in [-0.3, -0.25) is 4.79 Å². The molecular formula is C24H22ClNO2. The Morgan fingerprint density at radius 2 is 1.93 bits per heavy atom. The molecule has 1 aliphatic heterocycles. The molecule has 3 aromatic carbocycles. The molecule has 1 aliphatic carbocycles. The highest BCUT2D eigenvalue weighted by molar-refractivity contribution is 6.30. The lowest BCUT2D eigenvalue weighted by atomic mass is 9.73. The van der Waals surface area contributed by atoms with Gasteiger partial charge in [-0.2, -0.15) is 0 Å². The largest absolute Gasteiger partial charge is 0.487 e. The number of hydrogen-bond donors (Lipinski definition) is 1. The Labute approximate surface area is 169 Å². The van der Waals surface area contributed by atoms with Crippen LogP contribution in [0.3, 0.4) is 0 Å². The van der Waals surface area contributed by atoms with E-state index in [0.717, 1.165) is 46.9 Å². The lowest BCUT2D eigenvalue weighted by Gasteiger charge is -2.48. The molecule has 1 saturated carbocycles. The molecule has 0 aromatic heterocycles. The molecule has 28 heavy (non-hydrogen) atoms. The van der Waals surface area contributed by atoms with Gasteiger partial charge in [-0.15, -0.1) is 0 Å². The first-order valence-electron chi connectivity index (χ1n) is 9.86. The quantitative estimate of drug-likeness (QED) is 0.631. The van der Waals surface area contributed by atoms with Crippen molar-refractivity contribution in [2.24, 2.45) is 0 Å². The first kappa shape index (κ1) is 17.6. The molecule has 2 aliphatic rings. The van der Waals surface area contributed by atoms with Crippen LogP contribution in [-0.2, 0) is 11.2 Å². The fourth-order valence-corrected chi connectivity index (χ4v) is 4.69. The zero-order valence-corrected chi connectivity index (χ0v) is 16.3. The van der Waals surface area contributed by atoms with Crippen LogP contribution >= 0.6 is 11.6 Å². The molecule has 3 aromatic rings. The second kappa shape index (κ2) is 6.82. The summed E-state index contributed by atoms with van der Waals surface area (Å²) in [5.41, 5.74) is 1.90. The zero-order chi connectivity index (χ0) is 19.1. The maximum Gasteiger partial charge on any atom is 0.224 e. The first-order valence-corrected chi connectivity index (χ1v) is 10.2. The number of carbonyl (C=O) groups excluding carboxylic acids is 1. The number of benzene rings is 3. The summed E-state index contributed by atoms with van der Waals surface area (Å²) in [7, 11) is 0. The van der Waals surface area contributed by atoms with E-state index in [1.54, 1.807) is 0 Å². The number of amides is 1. The lowest BCUT2D eigenvalue weighted by Crippen LogP contribution is -2.49. The summed E-state index contributed by atoms with van der Waals surface area (Å²) in [5.74, 6) is 0.884. The van der Waals surface area contributed by atoms with E-state index in [0.29, 0.717) is 11.4 Å². The van der Waals surface area contributed by atoms with Gasteiger partial charge < -0.3 is 10.1 Å². The molecule has 142 valence electrons. The molecule has 1 heterocycles. The number of ether oxygens (including phenoxy) is 1. The van der Waals surface area contributed by atoms with E-state index in [1.807, 2.05) is 42.5 Å². The number of fused-ring (bicyclic) bond motifs is 2. The molecule has 0 saturated heterocycles. The van der Waals surface area contributed by atoms with E-state index in [1.165, 1.54) is 6.42 Å². The smallest absolute Gasteiger partial charge is 0.224 e. The van der Waals surface area contributed by atoms with Crippen LogP contribution in [0.15, 0.2) is 60.7 Å². The Morgan fingerprint density at radius 1 is 1.11 bits per heavy atom. The van der Waals surface area contributed by atoms with Crippen LogP contribution in [0.4, 0.5) is 0 Å². The van der Waals surface area contributed by atoms with Crippen LogP contribution < -0.4 is 10.1 Å². The molecule has 1 spiro atoms. The first-order chi connectivity index (χ1) is 13.6. The van der Waals surface area contributed by atoms with Crippen molar-refractivity contribution < 1.29 is 9.53 Å². The van der Waals surface area contributed by atoms with Gasteiger partial charge >= 0.3 is 0 Å². The SMILES string of the molecule is O=C(Cc1cccc2ccccc12)NC1CC2(CCC2)Oc2ccc(Cl)cc21. The summed E-state index contributed by atoms with van der Waals surface area (Å²) in [6.07, 6.45) is 4.44. The Kier molecular flexibility index (Phi) is 4.28. The van der Waals surface area contributed by atoms with Crippen molar-refractivity contribution in [2.75, 3.05) is 0 Å². The van der Waals surface area contributed by atoms with Crippen LogP contribution in [0.1, 0.15) is 42.9 Å².